The number of ketones is 1. The SMILES string of the molecule is CC(C)=O.[Mn].[Mn]. The van der Waals surface area contributed by atoms with E-state index in [2.05, 4.69) is 0 Å². The molecule has 0 unspecified atom stereocenters. The minimum Gasteiger partial charge on any atom is -0.300 e. The Labute approximate surface area is 58.8 Å². The largest absolute Gasteiger partial charge is 0.300 e. The van der Waals surface area contributed by atoms with E-state index >= 15 is 0 Å². The van der Waals surface area contributed by atoms with Gasteiger partial charge < -0.3 is 4.79 Å². The van der Waals surface area contributed by atoms with Crippen molar-refractivity contribution in [2.75, 3.05) is 0 Å². The second-order valence-electron chi connectivity index (χ2n) is 0.908. The second-order valence-corrected chi connectivity index (χ2v) is 0.908. The van der Waals surface area contributed by atoms with E-state index in [0.717, 1.165) is 0 Å². The molecule has 0 fully saturated rings. The van der Waals surface area contributed by atoms with E-state index in [0.29, 0.717) is 0 Å². The Balaban J connectivity index is -0.0000000450. The molecule has 0 aliphatic heterocycles. The van der Waals surface area contributed by atoms with Gasteiger partial charge in [0.15, 0.2) is 0 Å². The normalized spacial score (nSPS) is 4.33. The van der Waals surface area contributed by atoms with Crippen LogP contribution in [0.25, 0.3) is 0 Å². The summed E-state index contributed by atoms with van der Waals surface area (Å²) in [5.74, 6) is 0.167. The molecule has 0 aliphatic rings. The zero-order valence-corrected chi connectivity index (χ0v) is 6.03. The van der Waals surface area contributed by atoms with Gasteiger partial charge in [-0.3, -0.25) is 0 Å². The van der Waals surface area contributed by atoms with E-state index in [9.17, 15) is 4.79 Å². The molecule has 38 valence electrons. The van der Waals surface area contributed by atoms with Gasteiger partial charge in [-0.2, -0.15) is 0 Å². The fraction of sp³-hybridized carbons (Fsp3) is 0.667. The van der Waals surface area contributed by atoms with Crippen LogP contribution in [0.15, 0.2) is 0 Å². The quantitative estimate of drug-likeness (QED) is 0.483. The van der Waals surface area contributed by atoms with Gasteiger partial charge in [0.1, 0.15) is 5.78 Å². The summed E-state index contributed by atoms with van der Waals surface area (Å²) in [6.45, 7) is 3.06. The van der Waals surface area contributed by atoms with E-state index in [1.807, 2.05) is 0 Å². The Morgan fingerprint density at radius 2 is 1.17 bits per heavy atom. The number of hydrogen-bond acceptors (Lipinski definition) is 1. The molecule has 0 bridgehead atoms. The Morgan fingerprint density at radius 1 is 1.17 bits per heavy atom. The molecule has 6 heavy (non-hydrogen) atoms. The second kappa shape index (κ2) is 9.20. The third kappa shape index (κ3) is 129. The Hall–Kier alpha value is 0.709. The van der Waals surface area contributed by atoms with Gasteiger partial charge in [-0.15, -0.1) is 0 Å². The number of rotatable bonds is 0. The van der Waals surface area contributed by atoms with Crippen LogP contribution in [0.5, 0.6) is 0 Å². The van der Waals surface area contributed by atoms with Crippen molar-refractivity contribution in [3.8, 4) is 0 Å². The predicted octanol–water partition coefficient (Wildman–Crippen LogP) is 0.590. The van der Waals surface area contributed by atoms with Gasteiger partial charge in [-0.25, -0.2) is 0 Å². The van der Waals surface area contributed by atoms with Crippen LogP contribution >= 0.6 is 0 Å². The van der Waals surface area contributed by atoms with Crippen LogP contribution in [0.1, 0.15) is 13.8 Å². The minimum atomic E-state index is 0. The number of Topliss-reactive ketones (excluding diaryl/α,β-unsaturated/α-hetero) is 1. The third-order valence-corrected chi connectivity index (χ3v) is 0. The van der Waals surface area contributed by atoms with Gasteiger partial charge in [0.25, 0.3) is 0 Å². The van der Waals surface area contributed by atoms with Crippen LogP contribution in [0.2, 0.25) is 0 Å². The van der Waals surface area contributed by atoms with E-state index < -0.39 is 0 Å². The van der Waals surface area contributed by atoms with Crippen LogP contribution < -0.4 is 0 Å². The van der Waals surface area contributed by atoms with Gasteiger partial charge in [-0.1, -0.05) is 0 Å². The average Bonchev–Trinajstić information content (AvgIpc) is 0.811. The minimum absolute atomic E-state index is 0. The van der Waals surface area contributed by atoms with Gasteiger partial charge in [0.05, 0.1) is 0 Å². The first-order valence-corrected chi connectivity index (χ1v) is 1.20. The van der Waals surface area contributed by atoms with E-state index in [1.165, 1.54) is 13.8 Å². The topological polar surface area (TPSA) is 17.1 Å². The molecule has 0 atom stereocenters. The van der Waals surface area contributed by atoms with Crippen molar-refractivity contribution in [1.29, 1.82) is 0 Å². The fourth-order valence-electron chi connectivity index (χ4n) is 0. The average molecular weight is 168 g/mol. The molecule has 0 aromatic rings. The van der Waals surface area contributed by atoms with Crippen molar-refractivity contribution in [1.82, 2.24) is 0 Å². The first-order chi connectivity index (χ1) is 1.73. The molecule has 2 radical (unpaired) electrons. The Kier molecular flexibility index (Phi) is 24.4. The van der Waals surface area contributed by atoms with Gasteiger partial charge >= 0.3 is 0 Å². The van der Waals surface area contributed by atoms with Crippen molar-refractivity contribution in [2.24, 2.45) is 0 Å². The van der Waals surface area contributed by atoms with E-state index in [-0.39, 0.29) is 39.9 Å². The molecular formula is C3H6Mn2O. The Morgan fingerprint density at radius 3 is 1.17 bits per heavy atom. The summed E-state index contributed by atoms with van der Waals surface area (Å²) in [6.07, 6.45) is 0. The molecule has 1 nitrogen and oxygen atoms in total. The molecule has 0 aromatic carbocycles. The molecule has 0 saturated heterocycles. The number of hydrogen-bond donors (Lipinski definition) is 0. The van der Waals surface area contributed by atoms with Crippen molar-refractivity contribution in [3.05, 3.63) is 0 Å². The summed E-state index contributed by atoms with van der Waals surface area (Å²) in [6, 6.07) is 0. The van der Waals surface area contributed by atoms with Gasteiger partial charge in [0, 0.05) is 34.1 Å². The molecule has 0 rings (SSSR count). The van der Waals surface area contributed by atoms with E-state index in [1.54, 1.807) is 0 Å². The van der Waals surface area contributed by atoms with E-state index in [4.69, 9.17) is 0 Å². The summed E-state index contributed by atoms with van der Waals surface area (Å²) < 4.78 is 0. The van der Waals surface area contributed by atoms with Crippen LogP contribution in [0.3, 0.4) is 0 Å². The van der Waals surface area contributed by atoms with Gasteiger partial charge in [-0.05, 0) is 13.8 Å². The third-order valence-electron chi connectivity index (χ3n) is 0. The summed E-state index contributed by atoms with van der Waals surface area (Å²) in [5, 5.41) is 0. The zero-order chi connectivity index (χ0) is 3.58. The van der Waals surface area contributed by atoms with Crippen molar-refractivity contribution in [3.63, 3.8) is 0 Å². The monoisotopic (exact) mass is 168 g/mol. The molecule has 0 aromatic heterocycles. The smallest absolute Gasteiger partial charge is 0.126 e. The molecule has 0 saturated carbocycles. The maximum Gasteiger partial charge on any atom is 0.126 e. The number of carbonyl (C=O) groups is 1. The van der Waals surface area contributed by atoms with Crippen LogP contribution in [-0.2, 0) is 38.9 Å². The maximum absolute atomic E-state index is 9.44. The molecule has 3 heteroatoms. The standard InChI is InChI=1S/C3H6O.2Mn/c1-3(2)4;;/h1-2H3;;. The summed E-state index contributed by atoms with van der Waals surface area (Å²) in [7, 11) is 0. The number of carbonyl (C=O) groups excluding carboxylic acids is 1. The summed E-state index contributed by atoms with van der Waals surface area (Å²) >= 11 is 0. The first kappa shape index (κ1) is 15.9. The van der Waals surface area contributed by atoms with Crippen LogP contribution in [-0.4, -0.2) is 5.78 Å². The first-order valence-electron chi connectivity index (χ1n) is 1.20. The fourth-order valence-corrected chi connectivity index (χ4v) is 0. The van der Waals surface area contributed by atoms with Crippen molar-refractivity contribution < 1.29 is 38.9 Å². The maximum atomic E-state index is 9.44. The molecular weight excluding hydrogens is 162 g/mol. The predicted molar refractivity (Wildman–Crippen MR) is 16.4 cm³/mol. The Bertz CT molecular complexity index is 31.8. The molecule has 0 amide bonds. The summed E-state index contributed by atoms with van der Waals surface area (Å²) in [4.78, 5) is 9.44. The molecule has 0 spiro atoms. The van der Waals surface area contributed by atoms with Crippen LogP contribution in [0, 0.1) is 0 Å². The van der Waals surface area contributed by atoms with Gasteiger partial charge in [0.2, 0.25) is 0 Å². The summed E-state index contributed by atoms with van der Waals surface area (Å²) in [5.41, 5.74) is 0. The molecule has 0 heterocycles. The van der Waals surface area contributed by atoms with Crippen LogP contribution in [0.4, 0.5) is 0 Å². The molecule has 0 aliphatic carbocycles. The zero-order valence-electron chi connectivity index (χ0n) is 3.66. The molecule has 0 N–H and O–H groups in total. The van der Waals surface area contributed by atoms with Crippen molar-refractivity contribution in [2.45, 2.75) is 13.8 Å². The van der Waals surface area contributed by atoms with Crippen molar-refractivity contribution >= 4 is 5.78 Å².